The topological polar surface area (TPSA) is 57.5 Å². The van der Waals surface area contributed by atoms with Gasteiger partial charge in [-0.25, -0.2) is 8.78 Å². The van der Waals surface area contributed by atoms with Crippen molar-refractivity contribution in [2.24, 2.45) is 11.8 Å². The van der Waals surface area contributed by atoms with E-state index in [2.05, 4.69) is 0 Å². The molecule has 10 heavy (non-hydrogen) atoms. The summed E-state index contributed by atoms with van der Waals surface area (Å²) in [7, 11) is 0. The molecule has 58 valence electrons. The van der Waals surface area contributed by atoms with Gasteiger partial charge in [0.15, 0.2) is 0 Å². The van der Waals surface area contributed by atoms with Crippen LogP contribution in [0.3, 0.4) is 0 Å². The quantitative estimate of drug-likeness (QED) is 0.583. The molecule has 1 aliphatic rings. The Labute approximate surface area is 55.3 Å². The third-order valence-electron chi connectivity index (χ3n) is 1.67. The highest BCUT2D eigenvalue weighted by atomic mass is 19.3. The summed E-state index contributed by atoms with van der Waals surface area (Å²) < 4.78 is 24.3. The van der Waals surface area contributed by atoms with Gasteiger partial charge >= 0.3 is 5.97 Å². The highest BCUT2D eigenvalue weighted by Gasteiger charge is 2.72. The Morgan fingerprint density at radius 2 is 2.10 bits per heavy atom. The monoisotopic (exact) mass is 152 g/mol. The number of hydrogen-bond donors (Lipinski definition) is 2. The Kier molecular flexibility index (Phi) is 1.39. The number of aliphatic carboxylic acids is 1. The van der Waals surface area contributed by atoms with Gasteiger partial charge in [-0.1, -0.05) is 0 Å². The van der Waals surface area contributed by atoms with Crippen molar-refractivity contribution in [2.75, 3.05) is 6.61 Å². The van der Waals surface area contributed by atoms with Crippen molar-refractivity contribution >= 4 is 5.97 Å². The Balaban J connectivity index is 2.61. The molecular formula is C5H6F2O3. The van der Waals surface area contributed by atoms with Crippen molar-refractivity contribution in [2.45, 2.75) is 5.92 Å². The Morgan fingerprint density at radius 3 is 2.20 bits per heavy atom. The first-order chi connectivity index (χ1) is 4.51. The van der Waals surface area contributed by atoms with E-state index in [1.807, 2.05) is 0 Å². The van der Waals surface area contributed by atoms with Gasteiger partial charge < -0.3 is 10.2 Å². The van der Waals surface area contributed by atoms with Gasteiger partial charge in [0.05, 0.1) is 12.5 Å². The number of rotatable bonds is 2. The van der Waals surface area contributed by atoms with Crippen molar-refractivity contribution in [3.05, 3.63) is 0 Å². The van der Waals surface area contributed by atoms with E-state index < -0.39 is 30.3 Å². The van der Waals surface area contributed by atoms with Crippen LogP contribution in [0.2, 0.25) is 0 Å². The van der Waals surface area contributed by atoms with E-state index in [0.29, 0.717) is 0 Å². The lowest BCUT2D eigenvalue weighted by Gasteiger charge is -1.87. The molecule has 0 amide bonds. The molecule has 0 heterocycles. The largest absolute Gasteiger partial charge is 0.481 e. The summed E-state index contributed by atoms with van der Waals surface area (Å²) in [5.74, 6) is -7.77. The second-order valence-electron chi connectivity index (χ2n) is 2.28. The van der Waals surface area contributed by atoms with Gasteiger partial charge in [0.1, 0.15) is 5.92 Å². The summed E-state index contributed by atoms with van der Waals surface area (Å²) in [6.45, 7) is -0.760. The molecule has 1 aliphatic carbocycles. The Hall–Kier alpha value is -0.710. The van der Waals surface area contributed by atoms with Gasteiger partial charge in [0.25, 0.3) is 5.92 Å². The summed E-state index contributed by atoms with van der Waals surface area (Å²) in [5, 5.41) is 16.3. The van der Waals surface area contributed by atoms with Crippen molar-refractivity contribution in [3.63, 3.8) is 0 Å². The third-order valence-corrected chi connectivity index (χ3v) is 1.67. The molecule has 2 atom stereocenters. The van der Waals surface area contributed by atoms with Crippen LogP contribution in [0.5, 0.6) is 0 Å². The summed E-state index contributed by atoms with van der Waals surface area (Å²) in [6.07, 6.45) is 0. The fraction of sp³-hybridized carbons (Fsp3) is 0.800. The van der Waals surface area contributed by atoms with Crippen LogP contribution >= 0.6 is 0 Å². The van der Waals surface area contributed by atoms with E-state index in [0.717, 1.165) is 0 Å². The van der Waals surface area contributed by atoms with Gasteiger partial charge in [-0.2, -0.15) is 0 Å². The van der Waals surface area contributed by atoms with E-state index in [-0.39, 0.29) is 0 Å². The van der Waals surface area contributed by atoms with Gasteiger partial charge in [-0.05, 0) is 0 Å². The maximum absolute atomic E-state index is 12.2. The number of carbonyl (C=O) groups is 1. The maximum Gasteiger partial charge on any atom is 0.313 e. The first kappa shape index (κ1) is 7.40. The van der Waals surface area contributed by atoms with Gasteiger partial charge in [0, 0.05) is 0 Å². The van der Waals surface area contributed by atoms with Crippen LogP contribution in [0.4, 0.5) is 8.78 Å². The predicted molar refractivity (Wildman–Crippen MR) is 26.6 cm³/mol. The molecule has 2 N–H and O–H groups in total. The van der Waals surface area contributed by atoms with Crippen LogP contribution < -0.4 is 0 Å². The molecule has 0 aliphatic heterocycles. The molecule has 1 fully saturated rings. The molecular weight excluding hydrogens is 146 g/mol. The van der Waals surface area contributed by atoms with Gasteiger partial charge in [-0.3, -0.25) is 4.79 Å². The molecule has 0 unspecified atom stereocenters. The minimum absolute atomic E-state index is 0.760. The normalized spacial score (nSPS) is 35.5. The number of carboxylic acid groups (broad SMARTS) is 1. The summed E-state index contributed by atoms with van der Waals surface area (Å²) in [4.78, 5) is 9.96. The SMILES string of the molecule is O=C(O)[C@@H]1[C@@H](CO)C1(F)F. The zero-order chi connectivity index (χ0) is 7.94. The highest BCUT2D eigenvalue weighted by Crippen LogP contribution is 2.54. The van der Waals surface area contributed by atoms with Crippen LogP contribution in [0.1, 0.15) is 0 Å². The van der Waals surface area contributed by atoms with Crippen molar-refractivity contribution in [1.82, 2.24) is 0 Å². The van der Waals surface area contributed by atoms with Crippen LogP contribution in [0, 0.1) is 11.8 Å². The maximum atomic E-state index is 12.2. The number of aliphatic hydroxyl groups excluding tert-OH is 1. The molecule has 0 radical (unpaired) electrons. The lowest BCUT2D eigenvalue weighted by molar-refractivity contribution is -0.141. The fourth-order valence-electron chi connectivity index (χ4n) is 0.954. The van der Waals surface area contributed by atoms with E-state index in [9.17, 15) is 13.6 Å². The van der Waals surface area contributed by atoms with Gasteiger partial charge in [-0.15, -0.1) is 0 Å². The van der Waals surface area contributed by atoms with Crippen molar-refractivity contribution in [1.29, 1.82) is 0 Å². The lowest BCUT2D eigenvalue weighted by Crippen LogP contribution is -2.04. The number of halogens is 2. The van der Waals surface area contributed by atoms with E-state index in [1.165, 1.54) is 0 Å². The Morgan fingerprint density at radius 1 is 1.60 bits per heavy atom. The zero-order valence-electron chi connectivity index (χ0n) is 4.92. The number of alkyl halides is 2. The Bertz CT molecular complexity index is 168. The summed E-state index contributed by atoms with van der Waals surface area (Å²) in [5.41, 5.74) is 0. The zero-order valence-corrected chi connectivity index (χ0v) is 4.92. The summed E-state index contributed by atoms with van der Waals surface area (Å²) >= 11 is 0. The third kappa shape index (κ3) is 0.775. The van der Waals surface area contributed by atoms with Gasteiger partial charge in [0.2, 0.25) is 0 Å². The molecule has 0 aromatic carbocycles. The van der Waals surface area contributed by atoms with E-state index >= 15 is 0 Å². The van der Waals surface area contributed by atoms with E-state index in [4.69, 9.17) is 10.2 Å². The average Bonchev–Trinajstić information content (AvgIpc) is 2.33. The first-order valence-electron chi connectivity index (χ1n) is 2.73. The molecule has 1 rings (SSSR count). The van der Waals surface area contributed by atoms with E-state index in [1.54, 1.807) is 0 Å². The van der Waals surface area contributed by atoms with Crippen LogP contribution in [-0.2, 0) is 4.79 Å². The summed E-state index contributed by atoms with van der Waals surface area (Å²) in [6, 6.07) is 0. The molecule has 0 aromatic rings. The fourth-order valence-corrected chi connectivity index (χ4v) is 0.954. The molecule has 3 nitrogen and oxygen atoms in total. The minimum atomic E-state index is -3.19. The second kappa shape index (κ2) is 1.88. The van der Waals surface area contributed by atoms with Crippen molar-refractivity contribution < 1.29 is 23.8 Å². The van der Waals surface area contributed by atoms with Crippen LogP contribution in [0.25, 0.3) is 0 Å². The molecule has 1 saturated carbocycles. The predicted octanol–water partition coefficient (Wildman–Crippen LogP) is -0.0554. The first-order valence-corrected chi connectivity index (χ1v) is 2.73. The highest BCUT2D eigenvalue weighted by molar-refractivity contribution is 5.76. The molecule has 0 saturated heterocycles. The average molecular weight is 152 g/mol. The molecule has 0 aromatic heterocycles. The van der Waals surface area contributed by atoms with Crippen molar-refractivity contribution in [3.8, 4) is 0 Å². The number of aliphatic hydroxyl groups is 1. The van der Waals surface area contributed by atoms with Crippen LogP contribution in [-0.4, -0.2) is 28.7 Å². The molecule has 5 heteroatoms. The number of hydrogen-bond acceptors (Lipinski definition) is 2. The number of carboxylic acids is 1. The molecule has 0 spiro atoms. The smallest absolute Gasteiger partial charge is 0.313 e. The van der Waals surface area contributed by atoms with Crippen LogP contribution in [0.15, 0.2) is 0 Å². The second-order valence-corrected chi connectivity index (χ2v) is 2.28. The molecule has 0 bridgehead atoms. The minimum Gasteiger partial charge on any atom is -0.481 e. The lowest BCUT2D eigenvalue weighted by atomic mass is 10.3. The standard InChI is InChI=1S/C5H6F2O3/c6-5(7)2(1-8)3(5)4(9)10/h2-3,8H,1H2,(H,9,10)/t2-,3+/m1/s1.